The highest BCUT2D eigenvalue weighted by atomic mass is 15.2. The van der Waals surface area contributed by atoms with E-state index in [1.54, 1.807) is 0 Å². The molecule has 0 amide bonds. The molecule has 0 aromatic rings. The molecule has 0 bridgehead atoms. The van der Waals surface area contributed by atoms with Crippen molar-refractivity contribution >= 4 is 0 Å². The number of hydrogen-bond donors (Lipinski definition) is 1. The Morgan fingerprint density at radius 2 is 2.27 bits per heavy atom. The van der Waals surface area contributed by atoms with E-state index < -0.39 is 0 Å². The van der Waals surface area contributed by atoms with E-state index in [1.807, 2.05) is 0 Å². The van der Waals surface area contributed by atoms with Gasteiger partial charge in [-0.3, -0.25) is 0 Å². The van der Waals surface area contributed by atoms with Gasteiger partial charge in [0, 0.05) is 25.7 Å². The highest BCUT2D eigenvalue weighted by Crippen LogP contribution is 2.25. The maximum Gasteiger partial charge on any atom is 0.0235 e. The van der Waals surface area contributed by atoms with E-state index in [-0.39, 0.29) is 0 Å². The van der Waals surface area contributed by atoms with Crippen molar-refractivity contribution in [3.63, 3.8) is 0 Å². The number of hydrogen-bond acceptors (Lipinski definition) is 2. The zero-order valence-electron chi connectivity index (χ0n) is 10.3. The summed E-state index contributed by atoms with van der Waals surface area (Å²) in [5, 5.41) is 3.67. The van der Waals surface area contributed by atoms with Gasteiger partial charge < -0.3 is 10.2 Å². The summed E-state index contributed by atoms with van der Waals surface area (Å²) in [6.07, 6.45) is 5.56. The normalized spacial score (nSPS) is 34.0. The van der Waals surface area contributed by atoms with Crippen molar-refractivity contribution in [2.75, 3.05) is 26.2 Å². The van der Waals surface area contributed by atoms with E-state index in [1.165, 1.54) is 51.9 Å². The topological polar surface area (TPSA) is 15.3 Å². The van der Waals surface area contributed by atoms with Gasteiger partial charge in [-0.05, 0) is 37.6 Å². The van der Waals surface area contributed by atoms with Crippen LogP contribution >= 0.6 is 0 Å². The zero-order chi connectivity index (χ0) is 10.7. The molecular weight excluding hydrogens is 184 g/mol. The zero-order valence-corrected chi connectivity index (χ0v) is 10.3. The summed E-state index contributed by atoms with van der Waals surface area (Å²) in [7, 11) is 0. The minimum absolute atomic E-state index is 0.813. The summed E-state index contributed by atoms with van der Waals surface area (Å²) in [6.45, 7) is 9.92. The standard InChI is InChI=1S/C13H26N2/c1-3-5-11(2)8-15-9-12-6-4-7-14-13(12)10-15/h11-14H,3-10H2,1-2H3. The fourth-order valence-corrected chi connectivity index (χ4v) is 3.31. The van der Waals surface area contributed by atoms with Crippen molar-refractivity contribution in [1.82, 2.24) is 10.2 Å². The molecule has 3 unspecified atom stereocenters. The fourth-order valence-electron chi connectivity index (χ4n) is 3.31. The Kier molecular flexibility index (Phi) is 4.04. The SMILES string of the molecule is CCCC(C)CN1CC2CCCNC2C1. The molecule has 0 radical (unpaired) electrons. The smallest absolute Gasteiger partial charge is 0.0235 e. The maximum absolute atomic E-state index is 3.67. The van der Waals surface area contributed by atoms with E-state index in [9.17, 15) is 0 Å². The van der Waals surface area contributed by atoms with Crippen molar-refractivity contribution < 1.29 is 0 Å². The lowest BCUT2D eigenvalue weighted by molar-refractivity contribution is 0.268. The van der Waals surface area contributed by atoms with Crippen molar-refractivity contribution in [2.45, 2.75) is 45.6 Å². The molecule has 1 N–H and O–H groups in total. The third-order valence-electron chi connectivity index (χ3n) is 4.03. The van der Waals surface area contributed by atoms with Crippen LogP contribution in [0.5, 0.6) is 0 Å². The minimum atomic E-state index is 0.813. The fraction of sp³-hybridized carbons (Fsp3) is 1.00. The first-order valence-electron chi connectivity index (χ1n) is 6.75. The van der Waals surface area contributed by atoms with Crippen molar-refractivity contribution in [3.05, 3.63) is 0 Å². The average molecular weight is 210 g/mol. The molecule has 2 aliphatic heterocycles. The number of piperidine rings is 1. The Labute approximate surface area is 94.4 Å². The Morgan fingerprint density at radius 1 is 1.40 bits per heavy atom. The van der Waals surface area contributed by atoms with Crippen molar-refractivity contribution in [2.24, 2.45) is 11.8 Å². The summed E-state index contributed by atoms with van der Waals surface area (Å²) < 4.78 is 0. The first-order chi connectivity index (χ1) is 7.29. The number of likely N-dealkylation sites (tertiary alicyclic amines) is 1. The van der Waals surface area contributed by atoms with E-state index in [0.717, 1.165) is 17.9 Å². The number of nitrogens with zero attached hydrogens (tertiary/aromatic N) is 1. The van der Waals surface area contributed by atoms with Crippen molar-refractivity contribution in [1.29, 1.82) is 0 Å². The molecule has 2 aliphatic rings. The lowest BCUT2D eigenvalue weighted by Crippen LogP contribution is -2.40. The molecule has 0 spiro atoms. The van der Waals surface area contributed by atoms with Gasteiger partial charge in [0.1, 0.15) is 0 Å². The first-order valence-corrected chi connectivity index (χ1v) is 6.75. The Morgan fingerprint density at radius 3 is 3.00 bits per heavy atom. The highest BCUT2D eigenvalue weighted by Gasteiger charge is 2.34. The van der Waals surface area contributed by atoms with Crippen LogP contribution in [-0.4, -0.2) is 37.1 Å². The van der Waals surface area contributed by atoms with Crippen LogP contribution in [0.2, 0.25) is 0 Å². The quantitative estimate of drug-likeness (QED) is 0.764. The van der Waals surface area contributed by atoms with Gasteiger partial charge in [-0.25, -0.2) is 0 Å². The van der Waals surface area contributed by atoms with Crippen LogP contribution < -0.4 is 5.32 Å². The molecule has 0 aliphatic carbocycles. The van der Waals surface area contributed by atoms with E-state index in [2.05, 4.69) is 24.1 Å². The van der Waals surface area contributed by atoms with Crippen LogP contribution in [0.4, 0.5) is 0 Å². The minimum Gasteiger partial charge on any atom is -0.312 e. The summed E-state index contributed by atoms with van der Waals surface area (Å²) in [4.78, 5) is 2.69. The van der Waals surface area contributed by atoms with Crippen LogP contribution in [0.25, 0.3) is 0 Å². The molecule has 0 aromatic heterocycles. The second kappa shape index (κ2) is 5.31. The molecule has 3 atom stereocenters. The molecule has 2 heteroatoms. The molecule has 2 fully saturated rings. The molecule has 2 rings (SSSR count). The summed E-state index contributed by atoms with van der Waals surface area (Å²) in [5.74, 6) is 1.84. The molecule has 2 nitrogen and oxygen atoms in total. The Bertz CT molecular complexity index is 179. The summed E-state index contributed by atoms with van der Waals surface area (Å²) in [6, 6.07) is 0.813. The first kappa shape index (κ1) is 11.4. The van der Waals surface area contributed by atoms with Gasteiger partial charge in [0.25, 0.3) is 0 Å². The van der Waals surface area contributed by atoms with Gasteiger partial charge in [-0.1, -0.05) is 20.3 Å². The van der Waals surface area contributed by atoms with Gasteiger partial charge in [-0.2, -0.15) is 0 Å². The third-order valence-corrected chi connectivity index (χ3v) is 4.03. The van der Waals surface area contributed by atoms with Crippen LogP contribution in [-0.2, 0) is 0 Å². The van der Waals surface area contributed by atoms with Crippen LogP contribution in [0.3, 0.4) is 0 Å². The largest absolute Gasteiger partial charge is 0.312 e. The molecule has 88 valence electrons. The molecular formula is C13H26N2. The predicted octanol–water partition coefficient (Wildman–Crippen LogP) is 2.11. The summed E-state index contributed by atoms with van der Waals surface area (Å²) in [5.41, 5.74) is 0. The number of nitrogens with one attached hydrogen (secondary N) is 1. The number of fused-ring (bicyclic) bond motifs is 1. The van der Waals surface area contributed by atoms with Gasteiger partial charge in [0.15, 0.2) is 0 Å². The van der Waals surface area contributed by atoms with Crippen molar-refractivity contribution in [3.8, 4) is 0 Å². The average Bonchev–Trinajstić information content (AvgIpc) is 2.59. The Balaban J connectivity index is 1.76. The van der Waals surface area contributed by atoms with Crippen LogP contribution in [0.15, 0.2) is 0 Å². The number of rotatable bonds is 4. The van der Waals surface area contributed by atoms with E-state index >= 15 is 0 Å². The Hall–Kier alpha value is -0.0800. The lowest BCUT2D eigenvalue weighted by Gasteiger charge is -2.24. The predicted molar refractivity (Wildman–Crippen MR) is 65.0 cm³/mol. The third kappa shape index (κ3) is 2.94. The molecule has 2 saturated heterocycles. The summed E-state index contributed by atoms with van der Waals surface area (Å²) >= 11 is 0. The van der Waals surface area contributed by atoms with Crippen LogP contribution in [0, 0.1) is 11.8 Å². The maximum atomic E-state index is 3.67. The molecule has 0 saturated carbocycles. The van der Waals surface area contributed by atoms with E-state index in [0.29, 0.717) is 0 Å². The molecule has 15 heavy (non-hydrogen) atoms. The lowest BCUT2D eigenvalue weighted by atomic mass is 9.94. The molecule has 0 aromatic carbocycles. The van der Waals surface area contributed by atoms with E-state index in [4.69, 9.17) is 0 Å². The highest BCUT2D eigenvalue weighted by molar-refractivity contribution is 4.91. The van der Waals surface area contributed by atoms with Gasteiger partial charge in [0.05, 0.1) is 0 Å². The second-order valence-electron chi connectivity index (χ2n) is 5.58. The molecule has 2 heterocycles. The monoisotopic (exact) mass is 210 g/mol. The van der Waals surface area contributed by atoms with Gasteiger partial charge in [0.2, 0.25) is 0 Å². The van der Waals surface area contributed by atoms with Gasteiger partial charge in [-0.15, -0.1) is 0 Å². The van der Waals surface area contributed by atoms with Crippen LogP contribution in [0.1, 0.15) is 39.5 Å². The second-order valence-corrected chi connectivity index (χ2v) is 5.58. The van der Waals surface area contributed by atoms with Gasteiger partial charge >= 0.3 is 0 Å².